The van der Waals surface area contributed by atoms with E-state index in [0.717, 1.165) is 32.1 Å². The van der Waals surface area contributed by atoms with Crippen molar-refractivity contribution in [1.82, 2.24) is 0 Å². The first-order valence-electron chi connectivity index (χ1n) is 8.22. The highest BCUT2D eigenvalue weighted by Crippen LogP contribution is 2.30. The van der Waals surface area contributed by atoms with Crippen LogP contribution in [0.2, 0.25) is 0 Å². The van der Waals surface area contributed by atoms with Crippen LogP contribution in [0.3, 0.4) is 0 Å². The van der Waals surface area contributed by atoms with Crippen LogP contribution in [0.1, 0.15) is 37.0 Å². The highest BCUT2D eigenvalue weighted by Gasteiger charge is 2.30. The van der Waals surface area contributed by atoms with Crippen molar-refractivity contribution in [2.45, 2.75) is 48.7 Å². The molecule has 1 amide bonds. The lowest BCUT2D eigenvalue weighted by Gasteiger charge is -2.12. The number of aryl methyl sites for hydroxylation is 1. The second-order valence-electron chi connectivity index (χ2n) is 6.10. The zero-order chi connectivity index (χ0) is 17.0. The van der Waals surface area contributed by atoms with Gasteiger partial charge >= 0.3 is 0 Å². The average molecular weight is 364 g/mol. The highest BCUT2D eigenvalue weighted by molar-refractivity contribution is 7.92. The molecule has 1 aliphatic carbocycles. The Balaban J connectivity index is 1.59. The van der Waals surface area contributed by atoms with Crippen molar-refractivity contribution >= 4 is 32.8 Å². The lowest BCUT2D eigenvalue weighted by atomic mass is 10.2. The van der Waals surface area contributed by atoms with E-state index < -0.39 is 9.84 Å². The number of nitrogens with one attached hydrogen (secondary N) is 1. The Hall–Kier alpha value is -1.66. The maximum absolute atomic E-state index is 12.5. The van der Waals surface area contributed by atoms with Gasteiger partial charge in [-0.15, -0.1) is 11.3 Å². The fourth-order valence-corrected chi connectivity index (χ4v) is 5.60. The van der Waals surface area contributed by atoms with E-state index in [1.165, 1.54) is 4.88 Å². The quantitative estimate of drug-likeness (QED) is 0.842. The van der Waals surface area contributed by atoms with Gasteiger partial charge in [-0.05, 0) is 55.0 Å². The maximum atomic E-state index is 12.5. The van der Waals surface area contributed by atoms with E-state index in [2.05, 4.69) is 5.32 Å². The molecule has 24 heavy (non-hydrogen) atoms. The third-order valence-electron chi connectivity index (χ3n) is 4.39. The number of carbonyl (C=O) groups is 1. The Morgan fingerprint density at radius 1 is 1.12 bits per heavy atom. The summed E-state index contributed by atoms with van der Waals surface area (Å²) in [7, 11) is -3.24. The Bertz CT molecular complexity index is 774. The Labute approximate surface area is 146 Å². The number of rotatable bonds is 6. The Morgan fingerprint density at radius 2 is 1.83 bits per heavy atom. The van der Waals surface area contributed by atoms with E-state index in [1.54, 1.807) is 35.6 Å². The van der Waals surface area contributed by atoms with Crippen LogP contribution in [0, 0.1) is 0 Å². The molecule has 1 aromatic carbocycles. The van der Waals surface area contributed by atoms with Crippen LogP contribution in [0.4, 0.5) is 5.69 Å². The molecule has 128 valence electrons. The Kier molecular flexibility index (Phi) is 5.36. The zero-order valence-electron chi connectivity index (χ0n) is 13.4. The summed E-state index contributed by atoms with van der Waals surface area (Å²) >= 11 is 1.64. The van der Waals surface area contributed by atoms with Gasteiger partial charge in [0, 0.05) is 17.0 Å². The molecular formula is C18H21NO3S2. The van der Waals surface area contributed by atoms with Gasteiger partial charge in [-0.1, -0.05) is 18.9 Å². The van der Waals surface area contributed by atoms with Crippen molar-refractivity contribution in [3.63, 3.8) is 0 Å². The molecule has 0 spiro atoms. The van der Waals surface area contributed by atoms with Crippen molar-refractivity contribution in [3.8, 4) is 0 Å². The average Bonchev–Trinajstić information content (AvgIpc) is 3.27. The third-order valence-corrected chi connectivity index (χ3v) is 7.60. The molecule has 1 fully saturated rings. The molecule has 4 nitrogen and oxygen atoms in total. The second kappa shape index (κ2) is 7.49. The molecule has 1 N–H and O–H groups in total. The van der Waals surface area contributed by atoms with E-state index in [-0.39, 0.29) is 11.2 Å². The molecule has 2 aromatic rings. The summed E-state index contributed by atoms with van der Waals surface area (Å²) in [6.07, 6.45) is 4.62. The number of thiophene rings is 1. The van der Waals surface area contributed by atoms with Gasteiger partial charge in [-0.3, -0.25) is 4.79 Å². The fraction of sp³-hybridized carbons (Fsp3) is 0.389. The monoisotopic (exact) mass is 363 g/mol. The molecule has 0 aliphatic heterocycles. The van der Waals surface area contributed by atoms with Gasteiger partial charge in [-0.25, -0.2) is 8.42 Å². The van der Waals surface area contributed by atoms with Gasteiger partial charge < -0.3 is 5.32 Å². The van der Waals surface area contributed by atoms with E-state index in [9.17, 15) is 13.2 Å². The molecule has 3 rings (SSSR count). The van der Waals surface area contributed by atoms with Crippen LogP contribution in [-0.4, -0.2) is 19.6 Å². The molecule has 1 aliphatic rings. The Morgan fingerprint density at radius 3 is 2.46 bits per heavy atom. The molecular weight excluding hydrogens is 342 g/mol. The molecule has 0 radical (unpaired) electrons. The summed E-state index contributed by atoms with van der Waals surface area (Å²) in [6, 6.07) is 10.5. The number of sulfone groups is 1. The molecule has 6 heteroatoms. The largest absolute Gasteiger partial charge is 0.326 e. The summed E-state index contributed by atoms with van der Waals surface area (Å²) in [5.41, 5.74) is 0.636. The first-order valence-corrected chi connectivity index (χ1v) is 10.6. The van der Waals surface area contributed by atoms with Crippen LogP contribution in [0.5, 0.6) is 0 Å². The van der Waals surface area contributed by atoms with Crippen molar-refractivity contribution in [2.24, 2.45) is 0 Å². The van der Waals surface area contributed by atoms with Gasteiger partial charge in [0.25, 0.3) is 0 Å². The summed E-state index contributed by atoms with van der Waals surface area (Å²) in [6.45, 7) is 0. The van der Waals surface area contributed by atoms with Crippen LogP contribution >= 0.6 is 11.3 Å². The van der Waals surface area contributed by atoms with Crippen LogP contribution in [0.25, 0.3) is 0 Å². The fourth-order valence-electron chi connectivity index (χ4n) is 3.03. The topological polar surface area (TPSA) is 63.2 Å². The van der Waals surface area contributed by atoms with Crippen molar-refractivity contribution in [1.29, 1.82) is 0 Å². The molecule has 0 bridgehead atoms. The first kappa shape index (κ1) is 17.2. The van der Waals surface area contributed by atoms with Gasteiger partial charge in [0.05, 0.1) is 10.1 Å². The number of hydrogen-bond donors (Lipinski definition) is 1. The van der Waals surface area contributed by atoms with E-state index >= 15 is 0 Å². The number of hydrogen-bond acceptors (Lipinski definition) is 4. The lowest BCUT2D eigenvalue weighted by molar-refractivity contribution is -0.116. The molecule has 0 unspecified atom stereocenters. The first-order chi connectivity index (χ1) is 11.6. The summed E-state index contributed by atoms with van der Waals surface area (Å²) < 4.78 is 25.0. The minimum atomic E-state index is -3.24. The van der Waals surface area contributed by atoms with Crippen molar-refractivity contribution in [3.05, 3.63) is 46.7 Å². The van der Waals surface area contributed by atoms with Crippen LogP contribution < -0.4 is 5.32 Å². The highest BCUT2D eigenvalue weighted by atomic mass is 32.2. The number of benzene rings is 1. The van der Waals surface area contributed by atoms with Gasteiger partial charge in [0.15, 0.2) is 9.84 Å². The molecule has 1 saturated carbocycles. The number of amides is 1. The van der Waals surface area contributed by atoms with Gasteiger partial charge in [0.1, 0.15) is 0 Å². The van der Waals surface area contributed by atoms with E-state index in [1.807, 2.05) is 17.5 Å². The number of carbonyl (C=O) groups excluding carboxylic acids is 1. The maximum Gasteiger partial charge on any atom is 0.224 e. The van der Waals surface area contributed by atoms with Gasteiger partial charge in [-0.2, -0.15) is 0 Å². The van der Waals surface area contributed by atoms with Crippen LogP contribution in [-0.2, 0) is 21.1 Å². The lowest BCUT2D eigenvalue weighted by Crippen LogP contribution is -2.18. The zero-order valence-corrected chi connectivity index (χ0v) is 15.0. The minimum Gasteiger partial charge on any atom is -0.326 e. The van der Waals surface area contributed by atoms with E-state index in [4.69, 9.17) is 0 Å². The van der Waals surface area contributed by atoms with Crippen molar-refractivity contribution < 1.29 is 13.2 Å². The predicted octanol–water partition coefficient (Wildman–Crippen LogP) is 4.04. The summed E-state index contributed by atoms with van der Waals surface area (Å²) in [5.74, 6) is -0.0604. The second-order valence-corrected chi connectivity index (χ2v) is 9.36. The molecule has 1 aromatic heterocycles. The smallest absolute Gasteiger partial charge is 0.224 e. The van der Waals surface area contributed by atoms with Crippen molar-refractivity contribution in [2.75, 3.05) is 5.32 Å². The van der Waals surface area contributed by atoms with E-state index in [0.29, 0.717) is 17.0 Å². The predicted molar refractivity (Wildman–Crippen MR) is 97.2 cm³/mol. The standard InChI is InChI=1S/C18H21NO3S2/c20-18(12-9-15-4-3-13-23-15)19-14-7-10-17(11-8-14)24(21,22)16-5-1-2-6-16/h3-4,7-8,10-11,13,16H,1-2,5-6,9,12H2,(H,19,20). The summed E-state index contributed by atoms with van der Waals surface area (Å²) in [5, 5.41) is 4.57. The third kappa shape index (κ3) is 4.05. The SMILES string of the molecule is O=C(CCc1cccs1)Nc1ccc(S(=O)(=O)C2CCCC2)cc1. The molecule has 1 heterocycles. The molecule has 0 saturated heterocycles. The summed E-state index contributed by atoms with van der Waals surface area (Å²) in [4.78, 5) is 13.5. The normalized spacial score (nSPS) is 15.5. The minimum absolute atomic E-state index is 0.0604. The molecule has 0 atom stereocenters. The van der Waals surface area contributed by atoms with Crippen LogP contribution in [0.15, 0.2) is 46.7 Å². The number of anilines is 1. The van der Waals surface area contributed by atoms with Gasteiger partial charge in [0.2, 0.25) is 5.91 Å².